The largest absolute Gasteiger partial charge is 0.398 e. The molecule has 0 radical (unpaired) electrons. The maximum Gasteiger partial charge on any atom is 0.241 e. The van der Waals surface area contributed by atoms with Crippen LogP contribution in [0.3, 0.4) is 0 Å². The summed E-state index contributed by atoms with van der Waals surface area (Å²) in [7, 11) is -3.53. The summed E-state index contributed by atoms with van der Waals surface area (Å²) in [5.41, 5.74) is 7.63. The number of hydrogen-bond acceptors (Lipinski definition) is 4. The summed E-state index contributed by atoms with van der Waals surface area (Å²) in [6, 6.07) is 3.41. The fraction of sp³-hybridized carbons (Fsp3) is 0.538. The molecule has 6 heteroatoms. The highest BCUT2D eigenvalue weighted by atomic mass is 32.2. The summed E-state index contributed by atoms with van der Waals surface area (Å²) in [6.07, 6.45) is 1.42. The molecule has 5 nitrogen and oxygen atoms in total. The molecule has 2 rings (SSSR count). The van der Waals surface area contributed by atoms with Gasteiger partial charge in [-0.25, -0.2) is 13.1 Å². The van der Waals surface area contributed by atoms with Crippen molar-refractivity contribution in [3.8, 4) is 0 Å². The van der Waals surface area contributed by atoms with Crippen molar-refractivity contribution < 1.29 is 13.2 Å². The third-order valence-corrected chi connectivity index (χ3v) is 5.27. The van der Waals surface area contributed by atoms with Crippen LogP contribution in [-0.4, -0.2) is 27.7 Å². The van der Waals surface area contributed by atoms with E-state index in [9.17, 15) is 8.42 Å². The van der Waals surface area contributed by atoms with Gasteiger partial charge >= 0.3 is 0 Å². The summed E-state index contributed by atoms with van der Waals surface area (Å²) in [5, 5.41) is 0. The van der Waals surface area contributed by atoms with E-state index < -0.39 is 10.0 Å². The van der Waals surface area contributed by atoms with Crippen LogP contribution >= 0.6 is 0 Å². The van der Waals surface area contributed by atoms with Crippen molar-refractivity contribution in [3.05, 3.63) is 23.3 Å². The molecule has 0 bridgehead atoms. The summed E-state index contributed by atoms with van der Waals surface area (Å²) in [4.78, 5) is 0.305. The Hall–Kier alpha value is -1.11. The monoisotopic (exact) mass is 284 g/mol. The molecular formula is C13H20N2O3S. The molecule has 1 aromatic rings. The third-order valence-electron chi connectivity index (χ3n) is 3.46. The maximum absolute atomic E-state index is 12.5. The van der Waals surface area contributed by atoms with E-state index in [1.54, 1.807) is 26.0 Å². The van der Waals surface area contributed by atoms with Gasteiger partial charge in [0.15, 0.2) is 0 Å². The number of ether oxygens (including phenoxy) is 1. The second-order valence-corrected chi connectivity index (χ2v) is 6.58. The zero-order valence-corrected chi connectivity index (χ0v) is 12.1. The number of nitrogen functional groups attached to an aromatic ring is 1. The standard InChI is InChI=1S/C13H20N2O3S/c1-9-3-4-12(14)10(2)13(9)19(16,17)15-11-5-7-18-8-6-11/h3-4,11,15H,5-8,14H2,1-2H3. The van der Waals surface area contributed by atoms with E-state index in [1.807, 2.05) is 0 Å². The van der Waals surface area contributed by atoms with Crippen LogP contribution in [0.15, 0.2) is 17.0 Å². The van der Waals surface area contributed by atoms with Gasteiger partial charge < -0.3 is 10.5 Å². The van der Waals surface area contributed by atoms with Crippen LogP contribution in [0.25, 0.3) is 0 Å². The van der Waals surface area contributed by atoms with Crippen LogP contribution < -0.4 is 10.5 Å². The zero-order chi connectivity index (χ0) is 14.0. The summed E-state index contributed by atoms with van der Waals surface area (Å²) in [6.45, 7) is 4.72. The Labute approximate surface area is 114 Å². The number of sulfonamides is 1. The quantitative estimate of drug-likeness (QED) is 0.821. The van der Waals surface area contributed by atoms with Crippen molar-refractivity contribution in [1.82, 2.24) is 4.72 Å². The highest BCUT2D eigenvalue weighted by Crippen LogP contribution is 2.25. The highest BCUT2D eigenvalue weighted by Gasteiger charge is 2.25. The Kier molecular flexibility index (Phi) is 4.13. The third kappa shape index (κ3) is 3.08. The van der Waals surface area contributed by atoms with Crippen LogP contribution in [0.5, 0.6) is 0 Å². The first-order valence-electron chi connectivity index (χ1n) is 6.37. The van der Waals surface area contributed by atoms with E-state index in [4.69, 9.17) is 10.5 Å². The average Bonchev–Trinajstić information content (AvgIpc) is 2.35. The number of benzene rings is 1. The number of nitrogens with one attached hydrogen (secondary N) is 1. The van der Waals surface area contributed by atoms with Crippen molar-refractivity contribution in [1.29, 1.82) is 0 Å². The molecule has 1 heterocycles. The molecular weight excluding hydrogens is 264 g/mol. The fourth-order valence-corrected chi connectivity index (χ4v) is 4.15. The van der Waals surface area contributed by atoms with E-state index in [0.29, 0.717) is 47.8 Å². The smallest absolute Gasteiger partial charge is 0.241 e. The fourth-order valence-electron chi connectivity index (χ4n) is 2.35. The Morgan fingerprint density at radius 3 is 2.53 bits per heavy atom. The predicted molar refractivity (Wildman–Crippen MR) is 74.5 cm³/mol. The maximum atomic E-state index is 12.5. The first-order valence-corrected chi connectivity index (χ1v) is 7.86. The van der Waals surface area contributed by atoms with E-state index in [-0.39, 0.29) is 6.04 Å². The number of rotatable bonds is 3. The topological polar surface area (TPSA) is 81.4 Å². The molecule has 1 aliphatic heterocycles. The summed E-state index contributed by atoms with van der Waals surface area (Å²) >= 11 is 0. The Morgan fingerprint density at radius 1 is 1.26 bits per heavy atom. The lowest BCUT2D eigenvalue weighted by Crippen LogP contribution is -2.39. The molecule has 1 fully saturated rings. The predicted octanol–water partition coefficient (Wildman–Crippen LogP) is 1.34. The van der Waals surface area contributed by atoms with Crippen LogP contribution in [0.1, 0.15) is 24.0 Å². The lowest BCUT2D eigenvalue weighted by atomic mass is 10.1. The van der Waals surface area contributed by atoms with Crippen molar-refractivity contribution >= 4 is 15.7 Å². The number of nitrogens with two attached hydrogens (primary N) is 1. The van der Waals surface area contributed by atoms with Gasteiger partial charge in [0, 0.05) is 24.9 Å². The van der Waals surface area contributed by atoms with Gasteiger partial charge in [0.1, 0.15) is 0 Å². The van der Waals surface area contributed by atoms with Gasteiger partial charge in [0.05, 0.1) is 4.90 Å². The molecule has 1 saturated heterocycles. The van der Waals surface area contributed by atoms with Gasteiger partial charge in [0.25, 0.3) is 0 Å². The molecule has 106 valence electrons. The second-order valence-electron chi connectivity index (χ2n) is 4.93. The highest BCUT2D eigenvalue weighted by molar-refractivity contribution is 7.89. The van der Waals surface area contributed by atoms with Crippen molar-refractivity contribution in [2.24, 2.45) is 0 Å². The van der Waals surface area contributed by atoms with Crippen LogP contribution in [0.2, 0.25) is 0 Å². The van der Waals surface area contributed by atoms with E-state index in [2.05, 4.69) is 4.72 Å². The summed E-state index contributed by atoms with van der Waals surface area (Å²) < 4.78 is 33.0. The van der Waals surface area contributed by atoms with Gasteiger partial charge in [-0.1, -0.05) is 6.07 Å². The SMILES string of the molecule is Cc1ccc(N)c(C)c1S(=O)(=O)NC1CCOCC1. The van der Waals surface area contributed by atoms with Gasteiger partial charge in [0.2, 0.25) is 10.0 Å². The second kappa shape index (κ2) is 5.48. The van der Waals surface area contributed by atoms with Crippen molar-refractivity contribution in [2.75, 3.05) is 18.9 Å². The number of hydrogen-bond donors (Lipinski definition) is 2. The molecule has 19 heavy (non-hydrogen) atoms. The van der Waals surface area contributed by atoms with E-state index in [0.717, 1.165) is 0 Å². The first kappa shape index (κ1) is 14.3. The molecule has 1 aliphatic rings. The minimum Gasteiger partial charge on any atom is -0.398 e. The minimum absolute atomic E-state index is 0.0565. The lowest BCUT2D eigenvalue weighted by molar-refractivity contribution is 0.0832. The molecule has 0 amide bonds. The van der Waals surface area contributed by atoms with Crippen LogP contribution in [0, 0.1) is 13.8 Å². The minimum atomic E-state index is -3.53. The van der Waals surface area contributed by atoms with Crippen LogP contribution in [0.4, 0.5) is 5.69 Å². The van der Waals surface area contributed by atoms with Crippen molar-refractivity contribution in [2.45, 2.75) is 37.6 Å². The molecule has 1 aromatic carbocycles. The number of anilines is 1. The molecule has 0 aromatic heterocycles. The van der Waals surface area contributed by atoms with Gasteiger partial charge in [-0.3, -0.25) is 0 Å². The lowest BCUT2D eigenvalue weighted by Gasteiger charge is -2.24. The van der Waals surface area contributed by atoms with E-state index >= 15 is 0 Å². The van der Waals surface area contributed by atoms with Crippen molar-refractivity contribution in [3.63, 3.8) is 0 Å². The molecule has 3 N–H and O–H groups in total. The molecule has 0 spiro atoms. The van der Waals surface area contributed by atoms with Gasteiger partial charge in [-0.05, 0) is 43.9 Å². The van der Waals surface area contributed by atoms with E-state index in [1.165, 1.54) is 0 Å². The molecule has 0 unspecified atom stereocenters. The van der Waals surface area contributed by atoms with Gasteiger partial charge in [-0.15, -0.1) is 0 Å². The Balaban J connectivity index is 2.31. The molecule has 0 saturated carbocycles. The Bertz CT molecular complexity index is 563. The average molecular weight is 284 g/mol. The molecule has 0 atom stereocenters. The number of aryl methyl sites for hydroxylation is 1. The molecule has 0 aliphatic carbocycles. The zero-order valence-electron chi connectivity index (χ0n) is 11.3. The summed E-state index contributed by atoms with van der Waals surface area (Å²) in [5.74, 6) is 0. The first-order chi connectivity index (χ1) is 8.92. The van der Waals surface area contributed by atoms with Crippen LogP contribution in [-0.2, 0) is 14.8 Å². The Morgan fingerprint density at radius 2 is 1.89 bits per heavy atom. The normalized spacial score (nSPS) is 17.6. The van der Waals surface area contributed by atoms with Gasteiger partial charge in [-0.2, -0.15) is 0 Å².